The molecule has 1 aromatic rings. The first kappa shape index (κ1) is 15.8. The highest BCUT2D eigenvalue weighted by atomic mass is 16.5. The fourth-order valence-electron chi connectivity index (χ4n) is 1.85. The van der Waals surface area contributed by atoms with Gasteiger partial charge in [-0.15, -0.1) is 0 Å². The molecular weight excluding hydrogens is 242 g/mol. The quantitative estimate of drug-likeness (QED) is 0.640. The molecule has 0 saturated carbocycles. The zero-order chi connectivity index (χ0) is 13.9. The lowest BCUT2D eigenvalue weighted by atomic mass is 10.2. The molecular formula is C15H25NO3. The Balaban J connectivity index is 2.23. The van der Waals surface area contributed by atoms with Crippen LogP contribution in [0, 0.1) is 0 Å². The van der Waals surface area contributed by atoms with Crippen LogP contribution in [0.4, 0.5) is 0 Å². The smallest absolute Gasteiger partial charge is 0.161 e. The Bertz CT molecular complexity index is 355. The van der Waals surface area contributed by atoms with Gasteiger partial charge in [-0.25, -0.2) is 0 Å². The van der Waals surface area contributed by atoms with Crippen LogP contribution in [-0.4, -0.2) is 32.0 Å². The van der Waals surface area contributed by atoms with Gasteiger partial charge >= 0.3 is 0 Å². The first-order valence-corrected chi connectivity index (χ1v) is 6.92. The van der Waals surface area contributed by atoms with Crippen molar-refractivity contribution in [2.45, 2.75) is 32.7 Å². The summed E-state index contributed by atoms with van der Waals surface area (Å²) in [4.78, 5) is 0. The van der Waals surface area contributed by atoms with E-state index in [4.69, 9.17) is 9.47 Å². The highest BCUT2D eigenvalue weighted by molar-refractivity contribution is 5.41. The highest BCUT2D eigenvalue weighted by Gasteiger charge is 2.03. The Morgan fingerprint density at radius 3 is 2.79 bits per heavy atom. The average molecular weight is 267 g/mol. The van der Waals surface area contributed by atoms with Crippen LogP contribution in [0.25, 0.3) is 0 Å². The summed E-state index contributed by atoms with van der Waals surface area (Å²) in [5.41, 5.74) is 1.12. The number of unbranched alkanes of at least 4 members (excludes halogenated alkanes) is 2. The number of benzene rings is 1. The van der Waals surface area contributed by atoms with Gasteiger partial charge in [0.05, 0.1) is 6.61 Å². The van der Waals surface area contributed by atoms with Crippen molar-refractivity contribution in [2.75, 3.05) is 26.9 Å². The number of rotatable bonds is 10. The van der Waals surface area contributed by atoms with Gasteiger partial charge in [-0.2, -0.15) is 0 Å². The van der Waals surface area contributed by atoms with E-state index in [0.717, 1.165) is 38.1 Å². The fraction of sp³-hybridized carbons (Fsp3) is 0.600. The Hall–Kier alpha value is -1.26. The van der Waals surface area contributed by atoms with Gasteiger partial charge in [0.25, 0.3) is 0 Å². The van der Waals surface area contributed by atoms with Crippen molar-refractivity contribution < 1.29 is 14.6 Å². The third-order valence-corrected chi connectivity index (χ3v) is 2.86. The third-order valence-electron chi connectivity index (χ3n) is 2.86. The topological polar surface area (TPSA) is 50.7 Å². The average Bonchev–Trinajstić information content (AvgIpc) is 2.41. The summed E-state index contributed by atoms with van der Waals surface area (Å²) in [6, 6.07) is 5.48. The molecule has 0 atom stereocenters. The molecule has 4 heteroatoms. The molecule has 108 valence electrons. The molecule has 0 aliphatic rings. The van der Waals surface area contributed by atoms with Crippen LogP contribution >= 0.6 is 0 Å². The second-order valence-corrected chi connectivity index (χ2v) is 4.47. The van der Waals surface area contributed by atoms with Crippen LogP contribution in [0.2, 0.25) is 0 Å². The zero-order valence-corrected chi connectivity index (χ0v) is 11.9. The van der Waals surface area contributed by atoms with Crippen LogP contribution < -0.4 is 10.1 Å². The summed E-state index contributed by atoms with van der Waals surface area (Å²) in [6.07, 6.45) is 3.45. The molecule has 1 rings (SSSR count). The molecule has 0 bridgehead atoms. The second kappa shape index (κ2) is 9.64. The van der Waals surface area contributed by atoms with E-state index in [1.165, 1.54) is 6.42 Å². The lowest BCUT2D eigenvalue weighted by Crippen LogP contribution is -2.14. The highest BCUT2D eigenvalue weighted by Crippen LogP contribution is 2.26. The van der Waals surface area contributed by atoms with E-state index >= 15 is 0 Å². The van der Waals surface area contributed by atoms with Crippen LogP contribution in [0.1, 0.15) is 31.7 Å². The monoisotopic (exact) mass is 267 g/mol. The summed E-state index contributed by atoms with van der Waals surface area (Å²) in [6.45, 7) is 5.10. The maximum atomic E-state index is 9.60. The molecule has 2 N–H and O–H groups in total. The van der Waals surface area contributed by atoms with Gasteiger partial charge in [0.2, 0.25) is 0 Å². The number of nitrogens with one attached hydrogen (secondary N) is 1. The molecule has 0 radical (unpaired) electrons. The molecule has 4 nitrogen and oxygen atoms in total. The normalized spacial score (nSPS) is 10.6. The van der Waals surface area contributed by atoms with Crippen LogP contribution in [0.3, 0.4) is 0 Å². The van der Waals surface area contributed by atoms with E-state index in [9.17, 15) is 5.11 Å². The fourth-order valence-corrected chi connectivity index (χ4v) is 1.85. The van der Waals surface area contributed by atoms with Gasteiger partial charge < -0.3 is 19.9 Å². The lowest BCUT2D eigenvalue weighted by molar-refractivity contribution is 0.192. The first-order chi connectivity index (χ1) is 9.27. The molecule has 0 saturated heterocycles. The Labute approximate surface area is 115 Å². The van der Waals surface area contributed by atoms with Crippen molar-refractivity contribution >= 4 is 0 Å². The summed E-state index contributed by atoms with van der Waals surface area (Å²) in [7, 11) is 1.74. The largest absolute Gasteiger partial charge is 0.504 e. The SMILES string of the molecule is CCOc1cc(CNCCCCCOC)ccc1O. The van der Waals surface area contributed by atoms with Crippen molar-refractivity contribution in [3.05, 3.63) is 23.8 Å². The van der Waals surface area contributed by atoms with E-state index in [1.54, 1.807) is 13.2 Å². The molecule has 19 heavy (non-hydrogen) atoms. The van der Waals surface area contributed by atoms with Gasteiger partial charge in [-0.3, -0.25) is 0 Å². The molecule has 0 heterocycles. The van der Waals surface area contributed by atoms with Crippen LogP contribution in [0.15, 0.2) is 18.2 Å². The van der Waals surface area contributed by atoms with Gasteiger partial charge in [0, 0.05) is 20.3 Å². The minimum absolute atomic E-state index is 0.199. The number of hydrogen-bond acceptors (Lipinski definition) is 4. The number of aromatic hydroxyl groups is 1. The number of ether oxygens (including phenoxy) is 2. The molecule has 0 amide bonds. The standard InChI is InChI=1S/C15H25NO3/c1-3-19-15-11-13(7-8-14(15)17)12-16-9-5-4-6-10-18-2/h7-8,11,16-17H,3-6,9-10,12H2,1-2H3. The molecule has 0 aliphatic heterocycles. The van der Waals surface area contributed by atoms with Crippen LogP contribution in [-0.2, 0) is 11.3 Å². The second-order valence-electron chi connectivity index (χ2n) is 4.47. The van der Waals surface area contributed by atoms with Crippen molar-refractivity contribution in [2.24, 2.45) is 0 Å². The summed E-state index contributed by atoms with van der Waals surface area (Å²) < 4.78 is 10.4. The molecule has 0 aliphatic carbocycles. The Kier molecular flexibility index (Phi) is 8.02. The van der Waals surface area contributed by atoms with Crippen LogP contribution in [0.5, 0.6) is 11.5 Å². The maximum absolute atomic E-state index is 9.60. The van der Waals surface area contributed by atoms with Gasteiger partial charge in [-0.05, 0) is 50.4 Å². The van der Waals surface area contributed by atoms with Gasteiger partial charge in [0.15, 0.2) is 11.5 Å². The Morgan fingerprint density at radius 2 is 2.05 bits per heavy atom. The number of phenols is 1. The van der Waals surface area contributed by atoms with Crippen molar-refractivity contribution in [1.29, 1.82) is 0 Å². The van der Waals surface area contributed by atoms with E-state index in [1.807, 2.05) is 19.1 Å². The molecule has 0 aromatic heterocycles. The lowest BCUT2D eigenvalue weighted by Gasteiger charge is -2.09. The summed E-state index contributed by atoms with van der Waals surface area (Å²) >= 11 is 0. The number of hydrogen-bond donors (Lipinski definition) is 2. The Morgan fingerprint density at radius 1 is 1.21 bits per heavy atom. The minimum atomic E-state index is 0.199. The summed E-state index contributed by atoms with van der Waals surface area (Å²) in [5.74, 6) is 0.757. The first-order valence-electron chi connectivity index (χ1n) is 6.92. The summed E-state index contributed by atoms with van der Waals surface area (Å²) in [5, 5.41) is 13.0. The van der Waals surface area contributed by atoms with Crippen molar-refractivity contribution in [3.8, 4) is 11.5 Å². The van der Waals surface area contributed by atoms with E-state index < -0.39 is 0 Å². The van der Waals surface area contributed by atoms with Gasteiger partial charge in [-0.1, -0.05) is 6.07 Å². The van der Waals surface area contributed by atoms with Gasteiger partial charge in [0.1, 0.15) is 0 Å². The number of methoxy groups -OCH3 is 1. The van der Waals surface area contributed by atoms with Crippen molar-refractivity contribution in [1.82, 2.24) is 5.32 Å². The molecule has 1 aromatic carbocycles. The maximum Gasteiger partial charge on any atom is 0.161 e. The number of phenolic OH excluding ortho intramolecular Hbond substituents is 1. The van der Waals surface area contributed by atoms with Crippen molar-refractivity contribution in [3.63, 3.8) is 0 Å². The van der Waals surface area contributed by atoms with E-state index in [-0.39, 0.29) is 5.75 Å². The zero-order valence-electron chi connectivity index (χ0n) is 11.9. The molecule has 0 unspecified atom stereocenters. The third kappa shape index (κ3) is 6.45. The van der Waals surface area contributed by atoms with E-state index in [0.29, 0.717) is 12.4 Å². The molecule has 0 spiro atoms. The van der Waals surface area contributed by atoms with E-state index in [2.05, 4.69) is 5.32 Å². The minimum Gasteiger partial charge on any atom is -0.504 e. The predicted octanol–water partition coefficient (Wildman–Crippen LogP) is 2.70. The predicted molar refractivity (Wildman–Crippen MR) is 76.7 cm³/mol. The molecule has 0 fully saturated rings.